The van der Waals surface area contributed by atoms with Crippen LogP contribution in [-0.2, 0) is 14.6 Å². The van der Waals surface area contributed by atoms with E-state index in [0.717, 1.165) is 17.2 Å². The van der Waals surface area contributed by atoms with Crippen LogP contribution in [-0.4, -0.2) is 76.6 Å². The van der Waals surface area contributed by atoms with E-state index in [9.17, 15) is 39.6 Å². The number of hydrogen-bond acceptors (Lipinski definition) is 7. The quantitative estimate of drug-likeness (QED) is 0.362. The van der Waals surface area contributed by atoms with Crippen LogP contribution in [0.2, 0.25) is 0 Å². The fourth-order valence-corrected chi connectivity index (χ4v) is 6.06. The van der Waals surface area contributed by atoms with E-state index in [4.69, 9.17) is 4.74 Å². The first-order valence-corrected chi connectivity index (χ1v) is 14.4. The third-order valence-corrected chi connectivity index (χ3v) is 8.32. The summed E-state index contributed by atoms with van der Waals surface area (Å²) in [6.07, 6.45) is -6.07. The van der Waals surface area contributed by atoms with Gasteiger partial charge in [0.25, 0.3) is 12.0 Å². The van der Waals surface area contributed by atoms with Gasteiger partial charge in [0.05, 0.1) is 16.0 Å². The Bertz CT molecular complexity index is 1560. The third-order valence-electron chi connectivity index (χ3n) is 7.21. The second-order valence-electron chi connectivity index (χ2n) is 10.3. The van der Waals surface area contributed by atoms with Crippen LogP contribution < -0.4 is 4.74 Å². The molecule has 4 heterocycles. The molecule has 1 aromatic carbocycles. The predicted octanol–water partition coefficient (Wildman–Crippen LogP) is 5.06. The third kappa shape index (κ3) is 5.65. The topological polar surface area (TPSA) is 104 Å². The Hall–Kier alpha value is -3.56. The molecule has 2 aliphatic heterocycles. The first kappa shape index (κ1) is 29.0. The number of fused-ring (bicyclic) bond motifs is 3. The molecule has 0 spiro atoms. The Kier molecular flexibility index (Phi) is 7.11. The summed E-state index contributed by atoms with van der Waals surface area (Å²) < 4.78 is 117. The molecule has 222 valence electrons. The minimum Gasteiger partial charge on any atom is -0.474 e. The first-order valence-electron chi connectivity index (χ1n) is 12.5. The molecular formula is C25H24F6N4O5S. The minimum atomic E-state index is -5.44. The average molecular weight is 607 g/mol. The normalized spacial score (nSPS) is 22.1. The van der Waals surface area contributed by atoms with Crippen molar-refractivity contribution >= 4 is 27.0 Å². The highest BCUT2D eigenvalue weighted by atomic mass is 32.2. The van der Waals surface area contributed by atoms with Crippen molar-refractivity contribution in [2.24, 2.45) is 0 Å². The van der Waals surface area contributed by atoms with Crippen molar-refractivity contribution in [3.8, 4) is 11.6 Å². The van der Waals surface area contributed by atoms with Crippen molar-refractivity contribution in [3.05, 3.63) is 42.6 Å². The molecule has 1 unspecified atom stereocenters. The van der Waals surface area contributed by atoms with Crippen molar-refractivity contribution in [2.75, 3.05) is 6.26 Å². The lowest BCUT2D eigenvalue weighted by Crippen LogP contribution is -2.53. The molecule has 0 N–H and O–H groups in total. The van der Waals surface area contributed by atoms with Crippen LogP contribution in [0.15, 0.2) is 41.7 Å². The molecule has 0 radical (unpaired) electrons. The van der Waals surface area contributed by atoms with Crippen LogP contribution in [0, 0.1) is 5.82 Å². The van der Waals surface area contributed by atoms with Gasteiger partial charge in [0.2, 0.25) is 5.88 Å². The molecule has 2 aromatic heterocycles. The van der Waals surface area contributed by atoms with Crippen LogP contribution in [0.4, 0.5) is 31.1 Å². The molecule has 1 amide bonds. The summed E-state index contributed by atoms with van der Waals surface area (Å²) in [5.41, 5.74) is 0.306. The van der Waals surface area contributed by atoms with Gasteiger partial charge >= 0.3 is 12.3 Å². The number of ether oxygens (including phenoxy) is 2. The molecule has 0 aliphatic carbocycles. The molecule has 0 saturated carbocycles. The highest BCUT2D eigenvalue weighted by molar-refractivity contribution is 7.90. The van der Waals surface area contributed by atoms with Gasteiger partial charge in [0, 0.05) is 44.3 Å². The van der Waals surface area contributed by atoms with E-state index in [1.54, 1.807) is 6.07 Å². The summed E-state index contributed by atoms with van der Waals surface area (Å²) in [7, 11) is -3.62. The summed E-state index contributed by atoms with van der Waals surface area (Å²) in [6.45, 7) is 0.0435. The zero-order valence-electron chi connectivity index (χ0n) is 21.6. The van der Waals surface area contributed by atoms with E-state index >= 15 is 0 Å². The Labute approximate surface area is 230 Å². The van der Waals surface area contributed by atoms with E-state index in [1.165, 1.54) is 29.2 Å². The number of benzene rings is 1. The second kappa shape index (κ2) is 10.1. The summed E-state index contributed by atoms with van der Waals surface area (Å²) in [5, 5.41) is 0.409. The minimum absolute atomic E-state index is 0.0386. The van der Waals surface area contributed by atoms with Crippen molar-refractivity contribution < 1.29 is 49.0 Å². The van der Waals surface area contributed by atoms with Gasteiger partial charge in [0.15, 0.2) is 15.5 Å². The number of nitrogens with zero attached hydrogens (tertiary/aromatic N) is 4. The summed E-state index contributed by atoms with van der Waals surface area (Å²) in [6, 6.07) is 3.88. The fourth-order valence-electron chi connectivity index (χ4n) is 5.43. The Morgan fingerprint density at radius 3 is 2.29 bits per heavy atom. The number of carbonyl (C=O) groups excluding carboxylic acids is 1. The van der Waals surface area contributed by atoms with Crippen molar-refractivity contribution in [2.45, 2.75) is 73.9 Å². The number of sulfone groups is 1. The number of halogens is 6. The van der Waals surface area contributed by atoms with Crippen LogP contribution in [0.25, 0.3) is 16.7 Å². The van der Waals surface area contributed by atoms with E-state index in [1.807, 2.05) is 0 Å². The van der Waals surface area contributed by atoms with E-state index in [-0.39, 0.29) is 41.9 Å². The summed E-state index contributed by atoms with van der Waals surface area (Å²) in [5.74, 6) is -4.97. The predicted molar refractivity (Wildman–Crippen MR) is 131 cm³/mol. The monoisotopic (exact) mass is 606 g/mol. The SMILES string of the molecule is CC(F)(F)C(OC(=O)N1[C@H]2CC[C@H]1CC(Oc1ncnc3c1ccn3-c1ccc(S(C)(=O)=O)cc1F)C2)C(F)(F)F. The maximum atomic E-state index is 14.8. The van der Waals surface area contributed by atoms with Gasteiger partial charge < -0.3 is 14.4 Å². The number of alkyl halides is 5. The summed E-state index contributed by atoms with van der Waals surface area (Å²) >= 11 is 0. The van der Waals surface area contributed by atoms with E-state index in [0.29, 0.717) is 18.2 Å². The van der Waals surface area contributed by atoms with Crippen LogP contribution in [0.3, 0.4) is 0 Å². The Balaban J connectivity index is 1.33. The maximum Gasteiger partial charge on any atom is 0.431 e. The molecule has 41 heavy (non-hydrogen) atoms. The van der Waals surface area contributed by atoms with Gasteiger partial charge in [-0.25, -0.2) is 36.4 Å². The number of piperidine rings is 1. The molecule has 2 aliphatic rings. The van der Waals surface area contributed by atoms with Gasteiger partial charge in [-0.3, -0.25) is 4.57 Å². The number of amides is 1. The molecule has 3 aromatic rings. The fraction of sp³-hybridized carbons (Fsp3) is 0.480. The standard InChI is InChI=1S/C25H24F6N4O5S/c1-24(27,28)22(25(29,30)31)40-23(36)35-13-3-4-14(35)10-15(9-13)39-21-17-7-8-34(20(17)32-12-33-21)19-6-5-16(11-18(19)26)41(2,37)38/h5-8,11-15,22H,3-4,9-10H2,1-2H3/t13-,14-,22?/m0/s1. The number of rotatable bonds is 6. The van der Waals surface area contributed by atoms with Crippen molar-refractivity contribution in [1.82, 2.24) is 19.4 Å². The van der Waals surface area contributed by atoms with Crippen LogP contribution in [0.1, 0.15) is 32.6 Å². The highest BCUT2D eigenvalue weighted by Crippen LogP contribution is 2.41. The first-order chi connectivity index (χ1) is 19.0. The molecular weight excluding hydrogens is 582 g/mol. The Morgan fingerprint density at radius 1 is 1.07 bits per heavy atom. The van der Waals surface area contributed by atoms with Gasteiger partial charge in [-0.05, 0) is 37.1 Å². The number of carbonyl (C=O) groups is 1. The zero-order chi connectivity index (χ0) is 29.9. The molecule has 16 heteroatoms. The molecule has 2 bridgehead atoms. The lowest BCUT2D eigenvalue weighted by molar-refractivity contribution is -0.265. The molecule has 2 fully saturated rings. The van der Waals surface area contributed by atoms with Gasteiger partial charge in [-0.2, -0.15) is 13.2 Å². The Morgan fingerprint density at radius 2 is 1.73 bits per heavy atom. The molecule has 2 saturated heterocycles. The lowest BCUT2D eigenvalue weighted by Gasteiger charge is -2.39. The highest BCUT2D eigenvalue weighted by Gasteiger charge is 2.57. The maximum absolute atomic E-state index is 14.8. The molecule has 5 rings (SSSR count). The van der Waals surface area contributed by atoms with Gasteiger partial charge in [0.1, 0.15) is 18.2 Å². The van der Waals surface area contributed by atoms with Gasteiger partial charge in [-0.15, -0.1) is 0 Å². The lowest BCUT2D eigenvalue weighted by atomic mass is 10.0. The van der Waals surface area contributed by atoms with Crippen LogP contribution >= 0.6 is 0 Å². The zero-order valence-corrected chi connectivity index (χ0v) is 22.4. The van der Waals surface area contributed by atoms with Crippen molar-refractivity contribution in [1.29, 1.82) is 0 Å². The largest absolute Gasteiger partial charge is 0.474 e. The van der Waals surface area contributed by atoms with E-state index in [2.05, 4.69) is 14.7 Å². The molecule has 9 nitrogen and oxygen atoms in total. The smallest absolute Gasteiger partial charge is 0.431 e. The van der Waals surface area contributed by atoms with Gasteiger partial charge in [-0.1, -0.05) is 0 Å². The van der Waals surface area contributed by atoms with Crippen molar-refractivity contribution in [3.63, 3.8) is 0 Å². The average Bonchev–Trinajstić information content (AvgIpc) is 3.39. The number of aromatic nitrogens is 3. The molecule has 3 atom stereocenters. The van der Waals surface area contributed by atoms with E-state index < -0.39 is 58.1 Å². The second-order valence-corrected chi connectivity index (χ2v) is 12.3. The van der Waals surface area contributed by atoms with Crippen LogP contribution in [0.5, 0.6) is 5.88 Å². The summed E-state index contributed by atoms with van der Waals surface area (Å²) in [4.78, 5) is 21.8. The number of hydrogen-bond donors (Lipinski definition) is 0.